The van der Waals surface area contributed by atoms with E-state index in [1.165, 1.54) is 11.1 Å². The minimum atomic E-state index is 0.420. The van der Waals surface area contributed by atoms with E-state index in [4.69, 9.17) is 22.1 Å². The van der Waals surface area contributed by atoms with Crippen LogP contribution in [0, 0.1) is 12.8 Å². The second kappa shape index (κ2) is 9.80. The van der Waals surface area contributed by atoms with Crippen LogP contribution in [-0.2, 0) is 6.54 Å². The Hall–Kier alpha value is -2.24. The molecule has 1 fully saturated rings. The summed E-state index contributed by atoms with van der Waals surface area (Å²) in [4.78, 5) is 7.04. The lowest BCUT2D eigenvalue weighted by Gasteiger charge is -2.31. The Labute approximate surface area is 172 Å². The summed E-state index contributed by atoms with van der Waals surface area (Å²) in [6.45, 7) is 6.11. The van der Waals surface area contributed by atoms with Gasteiger partial charge in [0.15, 0.2) is 5.96 Å². The molecule has 0 bridgehead atoms. The van der Waals surface area contributed by atoms with Crippen molar-refractivity contribution in [3.63, 3.8) is 0 Å². The number of guanidine groups is 1. The molecular formula is C22H29ClN4O. The van der Waals surface area contributed by atoms with Crippen LogP contribution in [0.15, 0.2) is 47.5 Å². The zero-order valence-electron chi connectivity index (χ0n) is 16.6. The number of nitrogens with zero attached hydrogens (tertiary/aromatic N) is 2. The highest BCUT2D eigenvalue weighted by Gasteiger charge is 2.19. The molecule has 0 aliphatic carbocycles. The van der Waals surface area contributed by atoms with Gasteiger partial charge in [-0.25, -0.2) is 0 Å². The number of hydrogen-bond acceptors (Lipinski definition) is 3. The average molecular weight is 401 g/mol. The molecule has 1 aliphatic rings. The molecule has 6 heteroatoms. The molecule has 0 radical (unpaired) electrons. The van der Waals surface area contributed by atoms with E-state index in [-0.39, 0.29) is 0 Å². The third-order valence-corrected chi connectivity index (χ3v) is 5.47. The molecule has 1 aliphatic heterocycles. The van der Waals surface area contributed by atoms with Gasteiger partial charge >= 0.3 is 0 Å². The molecule has 0 spiro atoms. The third-order valence-electron chi connectivity index (χ3n) is 5.18. The van der Waals surface area contributed by atoms with Gasteiger partial charge in [-0.05, 0) is 62.5 Å². The van der Waals surface area contributed by atoms with Crippen molar-refractivity contribution in [2.75, 3.05) is 32.1 Å². The van der Waals surface area contributed by atoms with Crippen molar-refractivity contribution < 1.29 is 4.74 Å². The Bertz CT molecular complexity index is 799. The van der Waals surface area contributed by atoms with Crippen LogP contribution in [-0.4, -0.2) is 37.6 Å². The maximum Gasteiger partial charge on any atom is 0.193 e. The first kappa shape index (κ1) is 20.5. The topological polar surface area (TPSA) is 62.9 Å². The molecule has 1 saturated heterocycles. The van der Waals surface area contributed by atoms with E-state index in [2.05, 4.69) is 46.4 Å². The number of methoxy groups -OCH3 is 1. The zero-order valence-corrected chi connectivity index (χ0v) is 17.4. The van der Waals surface area contributed by atoms with E-state index in [1.54, 1.807) is 13.2 Å². The molecule has 1 heterocycles. The lowest BCUT2D eigenvalue weighted by atomic mass is 9.96. The summed E-state index contributed by atoms with van der Waals surface area (Å²) in [5.74, 6) is 1.64. The smallest absolute Gasteiger partial charge is 0.193 e. The molecule has 0 amide bonds. The van der Waals surface area contributed by atoms with Crippen LogP contribution in [0.5, 0.6) is 5.75 Å². The predicted molar refractivity (Wildman–Crippen MR) is 117 cm³/mol. The Balaban J connectivity index is 1.43. The minimum Gasteiger partial charge on any atom is -0.495 e. The molecule has 150 valence electrons. The summed E-state index contributed by atoms with van der Waals surface area (Å²) in [7, 11) is 1.59. The molecule has 28 heavy (non-hydrogen) atoms. The van der Waals surface area contributed by atoms with E-state index >= 15 is 0 Å². The number of benzene rings is 2. The lowest BCUT2D eigenvalue weighted by Crippen LogP contribution is -2.34. The van der Waals surface area contributed by atoms with Crippen molar-refractivity contribution >= 4 is 23.2 Å². The average Bonchev–Trinajstić information content (AvgIpc) is 2.69. The SMILES string of the molecule is COc1ccc(NC(N)=NCC2CCN(Cc3ccc(C)cc3)CC2)cc1Cl. The van der Waals surface area contributed by atoms with Crippen LogP contribution in [0.3, 0.4) is 0 Å². The van der Waals surface area contributed by atoms with Gasteiger partial charge in [0.25, 0.3) is 0 Å². The molecule has 3 rings (SSSR count). The van der Waals surface area contributed by atoms with Crippen molar-refractivity contribution in [3.05, 3.63) is 58.6 Å². The van der Waals surface area contributed by atoms with Crippen molar-refractivity contribution in [2.45, 2.75) is 26.3 Å². The number of nitrogens with two attached hydrogens (primary N) is 1. The van der Waals surface area contributed by atoms with Gasteiger partial charge in [-0.2, -0.15) is 0 Å². The Morgan fingerprint density at radius 1 is 1.21 bits per heavy atom. The van der Waals surface area contributed by atoms with Crippen molar-refractivity contribution in [2.24, 2.45) is 16.6 Å². The highest BCUT2D eigenvalue weighted by molar-refractivity contribution is 6.32. The number of nitrogens with one attached hydrogen (secondary N) is 1. The predicted octanol–water partition coefficient (Wildman–Crippen LogP) is 4.30. The fourth-order valence-electron chi connectivity index (χ4n) is 3.44. The van der Waals surface area contributed by atoms with Gasteiger partial charge in [0.1, 0.15) is 5.75 Å². The van der Waals surface area contributed by atoms with E-state index in [9.17, 15) is 0 Å². The van der Waals surface area contributed by atoms with E-state index in [1.807, 2.05) is 12.1 Å². The highest BCUT2D eigenvalue weighted by atomic mass is 35.5. The van der Waals surface area contributed by atoms with Gasteiger partial charge in [0.2, 0.25) is 0 Å². The number of rotatable bonds is 6. The fraction of sp³-hybridized carbons (Fsp3) is 0.409. The number of anilines is 1. The quantitative estimate of drug-likeness (QED) is 0.560. The van der Waals surface area contributed by atoms with Gasteiger partial charge in [-0.3, -0.25) is 9.89 Å². The zero-order chi connectivity index (χ0) is 19.9. The summed E-state index contributed by atoms with van der Waals surface area (Å²) < 4.78 is 5.16. The summed E-state index contributed by atoms with van der Waals surface area (Å²) in [5, 5.41) is 3.64. The van der Waals surface area contributed by atoms with Gasteiger partial charge in [-0.15, -0.1) is 0 Å². The van der Waals surface area contributed by atoms with Gasteiger partial charge in [0, 0.05) is 18.8 Å². The molecule has 3 N–H and O–H groups in total. The van der Waals surface area contributed by atoms with E-state index in [0.29, 0.717) is 22.6 Å². The molecule has 0 saturated carbocycles. The monoisotopic (exact) mass is 400 g/mol. The molecule has 0 aromatic heterocycles. The first-order valence-electron chi connectivity index (χ1n) is 9.72. The number of hydrogen-bond donors (Lipinski definition) is 2. The first-order chi connectivity index (χ1) is 13.5. The summed E-state index contributed by atoms with van der Waals surface area (Å²) in [6, 6.07) is 14.3. The normalized spacial score (nSPS) is 16.2. The first-order valence-corrected chi connectivity index (χ1v) is 10.1. The second-order valence-corrected chi connectivity index (χ2v) is 7.81. The van der Waals surface area contributed by atoms with E-state index in [0.717, 1.165) is 44.7 Å². The van der Waals surface area contributed by atoms with Crippen LogP contribution in [0.2, 0.25) is 5.02 Å². The van der Waals surface area contributed by atoms with Gasteiger partial charge < -0.3 is 15.8 Å². The largest absolute Gasteiger partial charge is 0.495 e. The Morgan fingerprint density at radius 2 is 1.93 bits per heavy atom. The number of halogens is 1. The molecule has 2 aromatic rings. The molecule has 0 atom stereocenters. The molecular weight excluding hydrogens is 372 g/mol. The molecule has 2 aromatic carbocycles. The number of aliphatic imine (C=N–C) groups is 1. The van der Waals surface area contributed by atoms with Crippen LogP contribution in [0.25, 0.3) is 0 Å². The lowest BCUT2D eigenvalue weighted by molar-refractivity contribution is 0.180. The van der Waals surface area contributed by atoms with E-state index < -0.39 is 0 Å². The summed E-state index contributed by atoms with van der Waals surface area (Å²) in [5.41, 5.74) is 9.54. The number of ether oxygens (including phenoxy) is 1. The standard InChI is InChI=1S/C22H29ClN4O/c1-16-3-5-18(6-4-16)15-27-11-9-17(10-12-27)14-25-22(24)26-19-7-8-21(28-2)20(23)13-19/h3-8,13,17H,9-12,14-15H2,1-2H3,(H3,24,25,26). The fourth-order valence-corrected chi connectivity index (χ4v) is 3.70. The minimum absolute atomic E-state index is 0.420. The van der Waals surface area contributed by atoms with Crippen LogP contribution in [0.1, 0.15) is 24.0 Å². The number of aryl methyl sites for hydroxylation is 1. The van der Waals surface area contributed by atoms with Gasteiger partial charge in [-0.1, -0.05) is 41.4 Å². The maximum absolute atomic E-state index is 6.14. The van der Waals surface area contributed by atoms with Crippen molar-refractivity contribution in [1.29, 1.82) is 0 Å². The highest BCUT2D eigenvalue weighted by Crippen LogP contribution is 2.27. The van der Waals surface area contributed by atoms with Crippen molar-refractivity contribution in [1.82, 2.24) is 4.90 Å². The van der Waals surface area contributed by atoms with Gasteiger partial charge in [0.05, 0.1) is 12.1 Å². The van der Waals surface area contributed by atoms with Crippen LogP contribution < -0.4 is 15.8 Å². The Morgan fingerprint density at radius 3 is 2.57 bits per heavy atom. The molecule has 0 unspecified atom stereocenters. The van der Waals surface area contributed by atoms with Crippen LogP contribution in [0.4, 0.5) is 5.69 Å². The van der Waals surface area contributed by atoms with Crippen molar-refractivity contribution in [3.8, 4) is 5.75 Å². The Kier molecular flexibility index (Phi) is 7.18. The summed E-state index contributed by atoms with van der Waals surface area (Å²) >= 11 is 6.14. The third kappa shape index (κ3) is 5.88. The van der Waals surface area contributed by atoms with Crippen LogP contribution >= 0.6 is 11.6 Å². The molecule has 5 nitrogen and oxygen atoms in total. The maximum atomic E-state index is 6.14. The summed E-state index contributed by atoms with van der Waals surface area (Å²) in [6.07, 6.45) is 2.30. The number of likely N-dealkylation sites (tertiary alicyclic amines) is 1. The second-order valence-electron chi connectivity index (χ2n) is 7.41. The number of piperidine rings is 1.